The van der Waals surface area contributed by atoms with Crippen LogP contribution in [0.25, 0.3) is 10.8 Å². The van der Waals surface area contributed by atoms with Gasteiger partial charge in [-0.05, 0) is 43.0 Å². The Kier molecular flexibility index (Phi) is 6.56. The molecule has 0 aromatic heterocycles. The number of anilines is 1. The van der Waals surface area contributed by atoms with Gasteiger partial charge in [0.25, 0.3) is 29.1 Å². The van der Waals surface area contributed by atoms with Crippen molar-refractivity contribution in [1.82, 2.24) is 4.90 Å². The maximum absolute atomic E-state index is 13.8. The minimum Gasteiger partial charge on any atom is -0.306 e. The second kappa shape index (κ2) is 10.0. The van der Waals surface area contributed by atoms with Crippen molar-refractivity contribution >= 4 is 45.6 Å². The number of aryl methyl sites for hydroxylation is 2. The van der Waals surface area contributed by atoms with Crippen molar-refractivity contribution in [3.05, 3.63) is 121 Å². The van der Waals surface area contributed by atoms with Crippen LogP contribution < -0.4 is 4.90 Å². The summed E-state index contributed by atoms with van der Waals surface area (Å²) in [6, 6.07) is 18.4. The lowest BCUT2D eigenvalue weighted by atomic mass is 9.94. The lowest BCUT2D eigenvalue weighted by Crippen LogP contribution is -2.46. The third-order valence-corrected chi connectivity index (χ3v) is 6.86. The number of carbonyl (C=O) groups is 3. The molecule has 200 valence electrons. The number of nitro benzene ring substituents is 2. The SMILES string of the molecule is Cc1ccc(N(CCN2C(=O)c3cccc4cccc(c34)C2=O)C(=O)c2cc([N+](=O)[O-])cc([N+](=O)[O-])c2)c(C)c1. The standard InChI is InChI=1S/C29H22N4O7/c1-17-9-10-25(18(2)13-17)30(27(34)20-14-21(32(37)38)16-22(15-20)33(39)40)11-12-31-28(35)23-7-3-5-19-6-4-8-24(26(19)23)29(31)36/h3-10,13-16H,11-12H2,1-2H3. The van der Waals surface area contributed by atoms with Crippen LogP contribution in [-0.2, 0) is 0 Å². The van der Waals surface area contributed by atoms with Gasteiger partial charge in [-0.15, -0.1) is 0 Å². The summed E-state index contributed by atoms with van der Waals surface area (Å²) in [5.41, 5.74) is 1.30. The van der Waals surface area contributed by atoms with Gasteiger partial charge in [0.1, 0.15) is 0 Å². The van der Waals surface area contributed by atoms with Crippen LogP contribution in [0.15, 0.2) is 72.8 Å². The van der Waals surface area contributed by atoms with E-state index in [0.29, 0.717) is 27.8 Å². The fourth-order valence-corrected chi connectivity index (χ4v) is 5.01. The minimum atomic E-state index is -0.811. The number of nitrogens with zero attached hydrogens (tertiary/aromatic N) is 4. The van der Waals surface area contributed by atoms with Gasteiger partial charge in [-0.3, -0.25) is 39.5 Å². The molecule has 5 rings (SSSR count). The highest BCUT2D eigenvalue weighted by Gasteiger charge is 2.34. The molecule has 11 nitrogen and oxygen atoms in total. The third-order valence-electron chi connectivity index (χ3n) is 6.86. The normalized spacial score (nSPS) is 12.5. The van der Waals surface area contributed by atoms with Gasteiger partial charge in [-0.25, -0.2) is 0 Å². The van der Waals surface area contributed by atoms with Crippen LogP contribution in [-0.4, -0.2) is 45.6 Å². The number of hydrogen-bond acceptors (Lipinski definition) is 7. The van der Waals surface area contributed by atoms with Gasteiger partial charge < -0.3 is 4.90 Å². The molecule has 0 fully saturated rings. The molecule has 0 radical (unpaired) electrons. The van der Waals surface area contributed by atoms with E-state index < -0.39 is 38.9 Å². The summed E-state index contributed by atoms with van der Waals surface area (Å²) in [5.74, 6) is -1.76. The highest BCUT2D eigenvalue weighted by molar-refractivity contribution is 6.25. The molecular weight excluding hydrogens is 516 g/mol. The molecule has 1 aliphatic rings. The molecule has 1 heterocycles. The highest BCUT2D eigenvalue weighted by Crippen LogP contribution is 2.31. The molecule has 1 aliphatic heterocycles. The van der Waals surface area contributed by atoms with Gasteiger partial charge in [0.05, 0.1) is 21.5 Å². The Morgan fingerprint density at radius 2 is 1.40 bits per heavy atom. The molecule has 11 heteroatoms. The smallest absolute Gasteiger partial charge is 0.277 e. The van der Waals surface area contributed by atoms with E-state index >= 15 is 0 Å². The summed E-state index contributed by atoms with van der Waals surface area (Å²) in [7, 11) is 0. The van der Waals surface area contributed by atoms with Crippen molar-refractivity contribution in [2.24, 2.45) is 0 Å². The Morgan fingerprint density at radius 3 is 1.93 bits per heavy atom. The van der Waals surface area contributed by atoms with E-state index in [1.807, 2.05) is 25.1 Å². The van der Waals surface area contributed by atoms with Crippen molar-refractivity contribution in [3.8, 4) is 0 Å². The van der Waals surface area contributed by atoms with Crippen LogP contribution in [0, 0.1) is 34.1 Å². The lowest BCUT2D eigenvalue weighted by Gasteiger charge is -2.31. The first-order valence-electron chi connectivity index (χ1n) is 12.3. The third kappa shape index (κ3) is 4.53. The largest absolute Gasteiger partial charge is 0.306 e. The number of hydrogen-bond donors (Lipinski definition) is 0. The molecule has 0 spiro atoms. The van der Waals surface area contributed by atoms with Crippen LogP contribution in [0.4, 0.5) is 17.1 Å². The predicted octanol–water partition coefficient (Wildman–Crippen LogP) is 5.22. The summed E-state index contributed by atoms with van der Waals surface area (Å²) in [6.45, 7) is 3.30. The Labute approximate surface area is 227 Å². The summed E-state index contributed by atoms with van der Waals surface area (Å²) in [6.07, 6.45) is 0. The molecule has 0 saturated heterocycles. The minimum absolute atomic E-state index is 0.158. The molecule has 0 aliphatic carbocycles. The van der Waals surface area contributed by atoms with Crippen LogP contribution in [0.2, 0.25) is 0 Å². The van der Waals surface area contributed by atoms with Gasteiger partial charge in [0.15, 0.2) is 0 Å². The van der Waals surface area contributed by atoms with Gasteiger partial charge in [0, 0.05) is 47.4 Å². The van der Waals surface area contributed by atoms with Crippen LogP contribution in [0.1, 0.15) is 42.2 Å². The molecule has 40 heavy (non-hydrogen) atoms. The maximum Gasteiger partial charge on any atom is 0.277 e. The Hall–Kier alpha value is -5.45. The maximum atomic E-state index is 13.8. The summed E-state index contributed by atoms with van der Waals surface area (Å²) < 4.78 is 0. The Morgan fingerprint density at radius 1 is 0.825 bits per heavy atom. The Bertz CT molecular complexity index is 1680. The fourth-order valence-electron chi connectivity index (χ4n) is 5.01. The second-order valence-electron chi connectivity index (χ2n) is 9.47. The molecule has 4 aromatic rings. The zero-order valence-corrected chi connectivity index (χ0v) is 21.5. The van der Waals surface area contributed by atoms with Crippen molar-refractivity contribution in [2.75, 3.05) is 18.0 Å². The molecular formula is C29H22N4O7. The zero-order chi connectivity index (χ0) is 28.7. The molecule has 0 saturated carbocycles. The molecule has 0 atom stereocenters. The number of rotatable bonds is 7. The molecule has 4 aromatic carbocycles. The molecule has 0 N–H and O–H groups in total. The first kappa shape index (κ1) is 26.2. The monoisotopic (exact) mass is 538 g/mol. The number of amides is 3. The quantitative estimate of drug-likeness (QED) is 0.178. The van der Waals surface area contributed by atoms with Gasteiger partial charge in [-0.2, -0.15) is 0 Å². The van der Waals surface area contributed by atoms with E-state index in [2.05, 4.69) is 0 Å². The lowest BCUT2D eigenvalue weighted by molar-refractivity contribution is -0.394. The number of non-ortho nitro benzene ring substituents is 2. The molecule has 3 amide bonds. The first-order valence-corrected chi connectivity index (χ1v) is 12.3. The fraction of sp³-hybridized carbons (Fsp3) is 0.138. The van der Waals surface area contributed by atoms with Crippen LogP contribution >= 0.6 is 0 Å². The number of imide groups is 1. The van der Waals surface area contributed by atoms with E-state index in [-0.39, 0.29) is 18.7 Å². The van der Waals surface area contributed by atoms with Crippen molar-refractivity contribution in [1.29, 1.82) is 0 Å². The second-order valence-corrected chi connectivity index (χ2v) is 9.47. The van der Waals surface area contributed by atoms with Gasteiger partial charge >= 0.3 is 0 Å². The summed E-state index contributed by atoms with van der Waals surface area (Å²) in [5, 5.41) is 24.2. The van der Waals surface area contributed by atoms with Crippen molar-refractivity contribution < 1.29 is 24.2 Å². The average molecular weight is 539 g/mol. The number of benzene rings is 4. The first-order chi connectivity index (χ1) is 19.1. The number of carbonyl (C=O) groups excluding carboxylic acids is 3. The summed E-state index contributed by atoms with van der Waals surface area (Å²) >= 11 is 0. The summed E-state index contributed by atoms with van der Waals surface area (Å²) in [4.78, 5) is 64.2. The van der Waals surface area contributed by atoms with E-state index in [1.54, 1.807) is 43.3 Å². The van der Waals surface area contributed by atoms with Crippen molar-refractivity contribution in [2.45, 2.75) is 13.8 Å². The van der Waals surface area contributed by atoms with E-state index in [9.17, 15) is 34.6 Å². The van der Waals surface area contributed by atoms with Gasteiger partial charge in [0.2, 0.25) is 0 Å². The van der Waals surface area contributed by atoms with E-state index in [1.165, 1.54) is 4.90 Å². The van der Waals surface area contributed by atoms with E-state index in [0.717, 1.165) is 34.0 Å². The molecule has 0 bridgehead atoms. The van der Waals surface area contributed by atoms with Crippen LogP contribution in [0.3, 0.4) is 0 Å². The number of nitro groups is 2. The topological polar surface area (TPSA) is 144 Å². The average Bonchev–Trinajstić information content (AvgIpc) is 2.93. The molecule has 0 unspecified atom stereocenters. The van der Waals surface area contributed by atoms with Crippen molar-refractivity contribution in [3.63, 3.8) is 0 Å². The zero-order valence-electron chi connectivity index (χ0n) is 21.5. The predicted molar refractivity (Wildman–Crippen MR) is 147 cm³/mol. The highest BCUT2D eigenvalue weighted by atomic mass is 16.6. The van der Waals surface area contributed by atoms with E-state index in [4.69, 9.17) is 0 Å². The van der Waals surface area contributed by atoms with Gasteiger partial charge in [-0.1, -0.05) is 42.0 Å². The Balaban J connectivity index is 1.54. The van der Waals surface area contributed by atoms with Crippen LogP contribution in [0.5, 0.6) is 0 Å².